The highest BCUT2D eigenvalue weighted by Gasteiger charge is 2.13. The van der Waals surface area contributed by atoms with Crippen LogP contribution in [0, 0.1) is 0 Å². The molecule has 1 aromatic heterocycles. The van der Waals surface area contributed by atoms with Gasteiger partial charge in [0.2, 0.25) is 0 Å². The minimum atomic E-state index is -0.0677. The van der Waals surface area contributed by atoms with Crippen molar-refractivity contribution in [1.29, 1.82) is 0 Å². The maximum absolute atomic E-state index is 11.6. The first kappa shape index (κ1) is 10.9. The Morgan fingerprint density at radius 3 is 2.43 bits per heavy atom. The Morgan fingerprint density at radius 1 is 1.29 bits per heavy atom. The first-order valence-electron chi connectivity index (χ1n) is 5.17. The standard InChI is InChI=1S/C10H19N3O/c1-4-6-8-9(11)10(14)12(3)13(8)7-5-2/h4-7,11H2,1-3H3. The fraction of sp³-hybridized carbons (Fsp3) is 0.700. The van der Waals surface area contributed by atoms with Gasteiger partial charge in [-0.15, -0.1) is 0 Å². The van der Waals surface area contributed by atoms with Crippen LogP contribution in [0.5, 0.6) is 0 Å². The fourth-order valence-electron chi connectivity index (χ4n) is 1.72. The minimum absolute atomic E-state index is 0.0677. The largest absolute Gasteiger partial charge is 0.393 e. The lowest BCUT2D eigenvalue weighted by molar-refractivity contribution is 0.474. The van der Waals surface area contributed by atoms with Crippen LogP contribution in [0.25, 0.3) is 0 Å². The summed E-state index contributed by atoms with van der Waals surface area (Å²) < 4.78 is 3.60. The second-order valence-corrected chi connectivity index (χ2v) is 3.56. The third-order valence-corrected chi connectivity index (χ3v) is 2.43. The van der Waals surface area contributed by atoms with E-state index in [0.717, 1.165) is 31.5 Å². The first-order chi connectivity index (χ1) is 6.63. The van der Waals surface area contributed by atoms with E-state index >= 15 is 0 Å². The Bertz CT molecular complexity index is 330. The lowest BCUT2D eigenvalue weighted by Crippen LogP contribution is -2.20. The topological polar surface area (TPSA) is 53.0 Å². The van der Waals surface area contributed by atoms with Crippen molar-refractivity contribution in [3.05, 3.63) is 16.0 Å². The van der Waals surface area contributed by atoms with Crippen molar-refractivity contribution >= 4 is 5.69 Å². The molecule has 0 amide bonds. The van der Waals surface area contributed by atoms with Gasteiger partial charge in [0.25, 0.3) is 5.56 Å². The van der Waals surface area contributed by atoms with Crippen molar-refractivity contribution in [3.8, 4) is 0 Å². The molecular weight excluding hydrogens is 178 g/mol. The summed E-state index contributed by atoms with van der Waals surface area (Å²) in [5.41, 5.74) is 7.11. The third-order valence-electron chi connectivity index (χ3n) is 2.43. The van der Waals surface area contributed by atoms with Gasteiger partial charge in [-0.05, 0) is 12.8 Å². The lowest BCUT2D eigenvalue weighted by Gasteiger charge is -2.09. The van der Waals surface area contributed by atoms with E-state index in [1.165, 1.54) is 0 Å². The highest BCUT2D eigenvalue weighted by Crippen LogP contribution is 2.10. The molecule has 0 aliphatic carbocycles. The third kappa shape index (κ3) is 1.69. The zero-order valence-electron chi connectivity index (χ0n) is 9.21. The maximum atomic E-state index is 11.6. The highest BCUT2D eigenvalue weighted by molar-refractivity contribution is 5.41. The Morgan fingerprint density at radius 2 is 1.93 bits per heavy atom. The summed E-state index contributed by atoms with van der Waals surface area (Å²) in [6, 6.07) is 0. The normalized spacial score (nSPS) is 10.8. The van der Waals surface area contributed by atoms with Gasteiger partial charge in [0.15, 0.2) is 0 Å². The van der Waals surface area contributed by atoms with Crippen LogP contribution in [0.4, 0.5) is 5.69 Å². The Balaban J connectivity index is 3.22. The molecule has 1 aromatic rings. The van der Waals surface area contributed by atoms with Gasteiger partial charge in [0.1, 0.15) is 5.69 Å². The van der Waals surface area contributed by atoms with E-state index in [1.54, 1.807) is 11.7 Å². The molecule has 14 heavy (non-hydrogen) atoms. The molecule has 0 bridgehead atoms. The van der Waals surface area contributed by atoms with Gasteiger partial charge in [0, 0.05) is 13.6 Å². The molecule has 0 spiro atoms. The second-order valence-electron chi connectivity index (χ2n) is 3.56. The summed E-state index contributed by atoms with van der Waals surface area (Å²) in [4.78, 5) is 11.6. The predicted octanol–water partition coefficient (Wildman–Crippen LogP) is 1.13. The Labute approximate surface area is 84.3 Å². The van der Waals surface area contributed by atoms with Gasteiger partial charge in [-0.3, -0.25) is 14.2 Å². The lowest BCUT2D eigenvalue weighted by atomic mass is 10.2. The summed E-state index contributed by atoms with van der Waals surface area (Å²) >= 11 is 0. The first-order valence-corrected chi connectivity index (χ1v) is 5.17. The van der Waals surface area contributed by atoms with Crippen LogP contribution in [0.1, 0.15) is 32.4 Å². The second kappa shape index (κ2) is 4.35. The van der Waals surface area contributed by atoms with Gasteiger partial charge in [-0.2, -0.15) is 0 Å². The van der Waals surface area contributed by atoms with Crippen LogP contribution < -0.4 is 11.3 Å². The monoisotopic (exact) mass is 197 g/mol. The van der Waals surface area contributed by atoms with Gasteiger partial charge >= 0.3 is 0 Å². The number of rotatable bonds is 4. The van der Waals surface area contributed by atoms with Crippen LogP contribution >= 0.6 is 0 Å². The molecule has 0 aliphatic heterocycles. The molecule has 0 aromatic carbocycles. The molecule has 1 rings (SSSR count). The van der Waals surface area contributed by atoms with Gasteiger partial charge in [0.05, 0.1) is 5.69 Å². The Kier molecular flexibility index (Phi) is 3.38. The summed E-state index contributed by atoms with van der Waals surface area (Å²) in [5.74, 6) is 0. The predicted molar refractivity (Wildman–Crippen MR) is 58.4 cm³/mol. The number of hydrogen-bond acceptors (Lipinski definition) is 2. The number of nitrogen functional groups attached to an aromatic ring is 1. The SMILES string of the molecule is CCCc1c(N)c(=O)n(C)n1CCC. The molecule has 0 radical (unpaired) electrons. The molecule has 0 unspecified atom stereocenters. The molecule has 0 saturated carbocycles. The van der Waals surface area contributed by atoms with E-state index < -0.39 is 0 Å². The van der Waals surface area contributed by atoms with Gasteiger partial charge in [-0.1, -0.05) is 20.3 Å². The van der Waals surface area contributed by atoms with Crippen LogP contribution in [-0.4, -0.2) is 9.36 Å². The molecular formula is C10H19N3O. The Hall–Kier alpha value is -1.19. The number of anilines is 1. The van der Waals surface area contributed by atoms with E-state index in [4.69, 9.17) is 5.73 Å². The summed E-state index contributed by atoms with van der Waals surface area (Å²) in [6.07, 6.45) is 2.90. The molecule has 2 N–H and O–H groups in total. The molecule has 4 nitrogen and oxygen atoms in total. The highest BCUT2D eigenvalue weighted by atomic mass is 16.1. The molecule has 1 heterocycles. The quantitative estimate of drug-likeness (QED) is 0.786. The summed E-state index contributed by atoms with van der Waals surface area (Å²) in [5, 5.41) is 0. The number of aromatic nitrogens is 2. The summed E-state index contributed by atoms with van der Waals surface area (Å²) in [6.45, 7) is 5.04. The van der Waals surface area contributed by atoms with Gasteiger partial charge in [-0.25, -0.2) is 0 Å². The number of hydrogen-bond donors (Lipinski definition) is 1. The van der Waals surface area contributed by atoms with Crippen LogP contribution in [0.15, 0.2) is 4.79 Å². The smallest absolute Gasteiger partial charge is 0.289 e. The van der Waals surface area contributed by atoms with Gasteiger partial charge < -0.3 is 5.73 Å². The van der Waals surface area contributed by atoms with E-state index in [1.807, 2.05) is 4.68 Å². The van der Waals surface area contributed by atoms with Crippen LogP contribution in [0.3, 0.4) is 0 Å². The maximum Gasteiger partial charge on any atom is 0.289 e. The molecule has 4 heteroatoms. The minimum Gasteiger partial charge on any atom is -0.393 e. The average molecular weight is 197 g/mol. The van der Waals surface area contributed by atoms with E-state index in [9.17, 15) is 4.79 Å². The van der Waals surface area contributed by atoms with E-state index in [-0.39, 0.29) is 5.56 Å². The number of nitrogens with zero attached hydrogens (tertiary/aromatic N) is 2. The van der Waals surface area contributed by atoms with Crippen molar-refractivity contribution in [1.82, 2.24) is 9.36 Å². The zero-order chi connectivity index (χ0) is 10.7. The van der Waals surface area contributed by atoms with Crippen molar-refractivity contribution < 1.29 is 0 Å². The molecule has 0 saturated heterocycles. The summed E-state index contributed by atoms with van der Waals surface area (Å²) in [7, 11) is 1.77. The van der Waals surface area contributed by atoms with E-state index in [2.05, 4.69) is 13.8 Å². The van der Waals surface area contributed by atoms with E-state index in [0.29, 0.717) is 5.69 Å². The molecule has 0 atom stereocenters. The molecule has 0 fully saturated rings. The van der Waals surface area contributed by atoms with Crippen LogP contribution in [-0.2, 0) is 20.0 Å². The van der Waals surface area contributed by atoms with Crippen molar-refractivity contribution in [2.75, 3.05) is 5.73 Å². The van der Waals surface area contributed by atoms with Crippen molar-refractivity contribution in [2.24, 2.45) is 7.05 Å². The zero-order valence-corrected chi connectivity index (χ0v) is 9.21. The van der Waals surface area contributed by atoms with Crippen LogP contribution in [0.2, 0.25) is 0 Å². The molecule has 80 valence electrons. The van der Waals surface area contributed by atoms with Crippen molar-refractivity contribution in [3.63, 3.8) is 0 Å². The van der Waals surface area contributed by atoms with Crippen molar-refractivity contribution in [2.45, 2.75) is 39.7 Å². The number of nitrogens with two attached hydrogens (primary N) is 1. The fourth-order valence-corrected chi connectivity index (χ4v) is 1.72. The average Bonchev–Trinajstić information content (AvgIpc) is 2.36. The molecule has 0 aliphatic rings.